The van der Waals surface area contributed by atoms with E-state index in [0.29, 0.717) is 19.4 Å². The van der Waals surface area contributed by atoms with Crippen molar-refractivity contribution in [3.63, 3.8) is 0 Å². The van der Waals surface area contributed by atoms with Crippen molar-refractivity contribution in [3.05, 3.63) is 48.6 Å². The zero-order valence-corrected chi connectivity index (χ0v) is 34.6. The summed E-state index contributed by atoms with van der Waals surface area (Å²) in [6.07, 6.45) is 51.3. The van der Waals surface area contributed by atoms with Crippen LogP contribution in [0.15, 0.2) is 48.6 Å². The Morgan fingerprint density at radius 1 is 0.442 bits per heavy atom. The van der Waals surface area contributed by atoms with E-state index < -0.39 is 6.10 Å². The molecule has 0 aromatic rings. The molecule has 0 rings (SSSR count). The van der Waals surface area contributed by atoms with Crippen molar-refractivity contribution >= 4 is 11.9 Å². The first-order chi connectivity index (χ1) is 25.6. The third-order valence-electron chi connectivity index (χ3n) is 9.38. The molecule has 0 fully saturated rings. The molecule has 0 amide bonds. The van der Waals surface area contributed by atoms with Gasteiger partial charge in [0, 0.05) is 19.4 Å². The van der Waals surface area contributed by atoms with Gasteiger partial charge in [0.25, 0.3) is 0 Å². The van der Waals surface area contributed by atoms with Crippen LogP contribution in [-0.4, -0.2) is 37.9 Å². The van der Waals surface area contributed by atoms with Crippen molar-refractivity contribution in [1.29, 1.82) is 0 Å². The van der Waals surface area contributed by atoms with Gasteiger partial charge >= 0.3 is 11.9 Å². The molecule has 1 unspecified atom stereocenters. The molecule has 0 bridgehead atoms. The Balaban J connectivity index is 4.09. The molecule has 5 heteroatoms. The summed E-state index contributed by atoms with van der Waals surface area (Å²) in [7, 11) is 0. The molecule has 0 radical (unpaired) electrons. The average Bonchev–Trinajstić information content (AvgIpc) is 3.14. The fraction of sp³-hybridized carbons (Fsp3) is 0.787. The van der Waals surface area contributed by atoms with Gasteiger partial charge in [0.15, 0.2) is 6.10 Å². The Bertz CT molecular complexity index is 873. The van der Waals surface area contributed by atoms with Crippen LogP contribution in [0.1, 0.15) is 213 Å². The van der Waals surface area contributed by atoms with Crippen LogP contribution in [0.25, 0.3) is 0 Å². The molecule has 0 aliphatic heterocycles. The Labute approximate surface area is 322 Å². The van der Waals surface area contributed by atoms with E-state index in [0.717, 1.165) is 77.0 Å². The van der Waals surface area contributed by atoms with E-state index in [9.17, 15) is 9.59 Å². The fourth-order valence-electron chi connectivity index (χ4n) is 6.09. The van der Waals surface area contributed by atoms with Crippen molar-refractivity contribution < 1.29 is 23.8 Å². The molecular weight excluding hydrogens is 645 g/mol. The van der Waals surface area contributed by atoms with E-state index in [2.05, 4.69) is 69.4 Å². The molecule has 52 heavy (non-hydrogen) atoms. The zero-order valence-electron chi connectivity index (χ0n) is 34.6. The SMILES string of the molecule is CC/C=C\C/C=C\C/C=C\C/C=C\CCCCCCCOCC(COC(=O)CCCCCCCCCCCCCCC)OC(=O)CCCCCCC. The lowest BCUT2D eigenvalue weighted by atomic mass is 10.0. The Kier molecular flexibility index (Phi) is 41.5. The van der Waals surface area contributed by atoms with Gasteiger partial charge in [0.2, 0.25) is 0 Å². The summed E-state index contributed by atoms with van der Waals surface area (Å²) in [6.45, 7) is 7.61. The maximum absolute atomic E-state index is 12.5. The van der Waals surface area contributed by atoms with Gasteiger partial charge in [0.1, 0.15) is 6.61 Å². The van der Waals surface area contributed by atoms with E-state index in [1.807, 2.05) is 0 Å². The number of hydrogen-bond acceptors (Lipinski definition) is 5. The highest BCUT2D eigenvalue weighted by Crippen LogP contribution is 2.14. The van der Waals surface area contributed by atoms with Crippen LogP contribution in [0.5, 0.6) is 0 Å². The number of hydrogen-bond donors (Lipinski definition) is 0. The van der Waals surface area contributed by atoms with Gasteiger partial charge in [-0.3, -0.25) is 9.59 Å². The highest BCUT2D eigenvalue weighted by atomic mass is 16.6. The lowest BCUT2D eigenvalue weighted by Gasteiger charge is -2.18. The molecular formula is C47H84O5. The molecule has 0 aromatic carbocycles. The summed E-state index contributed by atoms with van der Waals surface area (Å²) in [5.41, 5.74) is 0. The molecule has 0 N–H and O–H groups in total. The number of carbonyl (C=O) groups is 2. The summed E-state index contributed by atoms with van der Waals surface area (Å²) in [6, 6.07) is 0. The number of unbranched alkanes of at least 4 members (excludes halogenated alkanes) is 21. The Hall–Kier alpha value is -2.14. The van der Waals surface area contributed by atoms with Gasteiger partial charge < -0.3 is 14.2 Å². The number of esters is 2. The Morgan fingerprint density at radius 3 is 1.38 bits per heavy atom. The minimum Gasteiger partial charge on any atom is -0.462 e. The maximum atomic E-state index is 12.5. The molecule has 0 saturated carbocycles. The largest absolute Gasteiger partial charge is 0.462 e. The summed E-state index contributed by atoms with van der Waals surface area (Å²) in [5.74, 6) is -0.417. The van der Waals surface area contributed by atoms with Gasteiger partial charge in [0.05, 0.1) is 6.61 Å². The average molecular weight is 729 g/mol. The van der Waals surface area contributed by atoms with Gasteiger partial charge in [-0.25, -0.2) is 0 Å². The van der Waals surface area contributed by atoms with Gasteiger partial charge in [-0.05, 0) is 57.8 Å². The number of rotatable bonds is 40. The molecule has 0 aromatic heterocycles. The molecule has 0 heterocycles. The van der Waals surface area contributed by atoms with E-state index in [1.54, 1.807) is 0 Å². The van der Waals surface area contributed by atoms with Crippen molar-refractivity contribution in [1.82, 2.24) is 0 Å². The normalized spacial score (nSPS) is 12.6. The van der Waals surface area contributed by atoms with Crippen LogP contribution in [0.2, 0.25) is 0 Å². The predicted octanol–water partition coefficient (Wildman–Crippen LogP) is 14.4. The van der Waals surface area contributed by atoms with E-state index in [1.165, 1.54) is 103 Å². The standard InChI is InChI=1S/C47H84O5/c1-4-7-10-13-15-17-19-21-22-23-24-25-27-29-31-33-36-39-42-50-43-45(52-47(49)41-38-34-12-9-6-3)44-51-46(48)40-37-35-32-30-28-26-20-18-16-14-11-8-5-2/h7,10,15,17,21-22,24-25,45H,4-6,8-9,11-14,16,18-20,23,26-44H2,1-3H3/b10-7-,17-15-,22-21-,25-24-. The van der Waals surface area contributed by atoms with Crippen LogP contribution in [-0.2, 0) is 23.8 Å². The first-order valence-electron chi connectivity index (χ1n) is 22.2. The van der Waals surface area contributed by atoms with Crippen LogP contribution in [0.4, 0.5) is 0 Å². The van der Waals surface area contributed by atoms with E-state index >= 15 is 0 Å². The van der Waals surface area contributed by atoms with E-state index in [4.69, 9.17) is 14.2 Å². The summed E-state index contributed by atoms with van der Waals surface area (Å²) >= 11 is 0. The maximum Gasteiger partial charge on any atom is 0.306 e. The second-order valence-electron chi connectivity index (χ2n) is 14.6. The molecule has 0 aliphatic rings. The first kappa shape index (κ1) is 49.9. The number of ether oxygens (including phenoxy) is 3. The quantitative estimate of drug-likeness (QED) is 0.0357. The lowest BCUT2D eigenvalue weighted by Crippen LogP contribution is -2.30. The van der Waals surface area contributed by atoms with Crippen molar-refractivity contribution in [2.45, 2.75) is 219 Å². The highest BCUT2D eigenvalue weighted by Gasteiger charge is 2.17. The monoisotopic (exact) mass is 729 g/mol. The zero-order chi connectivity index (χ0) is 37.8. The third-order valence-corrected chi connectivity index (χ3v) is 9.38. The van der Waals surface area contributed by atoms with Gasteiger partial charge in [-0.2, -0.15) is 0 Å². The van der Waals surface area contributed by atoms with Crippen LogP contribution < -0.4 is 0 Å². The fourth-order valence-corrected chi connectivity index (χ4v) is 6.09. The highest BCUT2D eigenvalue weighted by molar-refractivity contribution is 5.70. The van der Waals surface area contributed by atoms with Gasteiger partial charge in [-0.15, -0.1) is 0 Å². The summed E-state index contributed by atoms with van der Waals surface area (Å²) in [4.78, 5) is 25.0. The molecule has 302 valence electrons. The van der Waals surface area contributed by atoms with Crippen molar-refractivity contribution in [3.8, 4) is 0 Å². The minimum atomic E-state index is -0.537. The predicted molar refractivity (Wildman–Crippen MR) is 224 cm³/mol. The van der Waals surface area contributed by atoms with Crippen LogP contribution in [0, 0.1) is 0 Å². The summed E-state index contributed by atoms with van der Waals surface area (Å²) < 4.78 is 17.2. The second kappa shape index (κ2) is 43.3. The minimum absolute atomic E-state index is 0.0795. The van der Waals surface area contributed by atoms with Crippen LogP contribution >= 0.6 is 0 Å². The topological polar surface area (TPSA) is 61.8 Å². The van der Waals surface area contributed by atoms with Crippen molar-refractivity contribution in [2.24, 2.45) is 0 Å². The smallest absolute Gasteiger partial charge is 0.306 e. The molecule has 0 saturated heterocycles. The van der Waals surface area contributed by atoms with E-state index in [-0.39, 0.29) is 25.2 Å². The second-order valence-corrected chi connectivity index (χ2v) is 14.6. The van der Waals surface area contributed by atoms with Crippen molar-refractivity contribution in [2.75, 3.05) is 19.8 Å². The van der Waals surface area contributed by atoms with Crippen LogP contribution in [0.3, 0.4) is 0 Å². The Morgan fingerprint density at radius 2 is 0.865 bits per heavy atom. The first-order valence-corrected chi connectivity index (χ1v) is 22.2. The summed E-state index contributed by atoms with van der Waals surface area (Å²) in [5, 5.41) is 0. The molecule has 1 atom stereocenters. The molecule has 0 aliphatic carbocycles. The van der Waals surface area contributed by atoms with Gasteiger partial charge in [-0.1, -0.05) is 191 Å². The molecule has 0 spiro atoms. The lowest BCUT2D eigenvalue weighted by molar-refractivity contribution is -0.163. The molecule has 5 nitrogen and oxygen atoms in total. The number of carbonyl (C=O) groups excluding carboxylic acids is 2. The number of allylic oxidation sites excluding steroid dienone is 8. The third kappa shape index (κ3) is 40.6.